The fourth-order valence-corrected chi connectivity index (χ4v) is 3.60. The van der Waals surface area contributed by atoms with E-state index in [1.54, 1.807) is 36.7 Å². The Morgan fingerprint density at radius 1 is 0.935 bits per heavy atom. The van der Waals surface area contributed by atoms with Crippen LogP contribution < -0.4 is 4.74 Å². The first kappa shape index (κ1) is 20.9. The molecule has 0 aliphatic carbocycles. The van der Waals surface area contributed by atoms with E-state index in [4.69, 9.17) is 4.74 Å². The van der Waals surface area contributed by atoms with Crippen molar-refractivity contribution >= 4 is 10.9 Å². The largest absolute Gasteiger partial charge is 0.489 e. The van der Waals surface area contributed by atoms with Gasteiger partial charge in [-0.25, -0.2) is 4.68 Å². The molecule has 0 saturated carbocycles. The number of fused-ring (bicyclic) bond motifs is 1. The molecule has 3 aromatic carbocycles. The Morgan fingerprint density at radius 3 is 2.26 bits per heavy atom. The summed E-state index contributed by atoms with van der Waals surface area (Å²) in [5.74, 6) is 0.336. The second kappa shape index (κ2) is 7.74. The molecular formula is C24H21F3N2O2. The van der Waals surface area contributed by atoms with Gasteiger partial charge in [0.05, 0.1) is 17.4 Å². The van der Waals surface area contributed by atoms with Gasteiger partial charge in [0, 0.05) is 5.39 Å². The van der Waals surface area contributed by atoms with Gasteiger partial charge in [-0.3, -0.25) is 0 Å². The second-order valence-electron chi connectivity index (χ2n) is 7.53. The number of alkyl halides is 3. The number of hydrogen-bond acceptors (Lipinski definition) is 3. The standard InChI is InChI=1S/C24H21F3N2O2/c1-16-7-6-8-17(2)22(16)31-15-23(30,24(25,26)27)19-11-12-21-18(13-19)14-28-29(21)20-9-4-3-5-10-20/h3-14,30H,15H2,1-2H3. The third-order valence-corrected chi connectivity index (χ3v) is 5.35. The van der Waals surface area contributed by atoms with Crippen molar-refractivity contribution in [2.45, 2.75) is 25.6 Å². The third-order valence-electron chi connectivity index (χ3n) is 5.35. The van der Waals surface area contributed by atoms with Crippen molar-refractivity contribution in [2.24, 2.45) is 0 Å². The highest BCUT2D eigenvalue weighted by molar-refractivity contribution is 5.81. The fourth-order valence-electron chi connectivity index (χ4n) is 3.60. The van der Waals surface area contributed by atoms with Crippen molar-refractivity contribution in [1.29, 1.82) is 0 Å². The average Bonchev–Trinajstić information content (AvgIpc) is 3.16. The van der Waals surface area contributed by atoms with Crippen LogP contribution in [-0.2, 0) is 5.60 Å². The van der Waals surface area contributed by atoms with Crippen LogP contribution in [0.1, 0.15) is 16.7 Å². The van der Waals surface area contributed by atoms with Gasteiger partial charge in [0.15, 0.2) is 0 Å². The van der Waals surface area contributed by atoms with Crippen LogP contribution in [0.25, 0.3) is 16.6 Å². The maximum atomic E-state index is 14.0. The zero-order valence-corrected chi connectivity index (χ0v) is 17.0. The number of hydrogen-bond donors (Lipinski definition) is 1. The van der Waals surface area contributed by atoms with Crippen LogP contribution in [0.4, 0.5) is 13.2 Å². The summed E-state index contributed by atoms with van der Waals surface area (Å²) in [5.41, 5.74) is -0.658. The van der Waals surface area contributed by atoms with Crippen LogP contribution in [0.2, 0.25) is 0 Å². The number of aryl methyl sites for hydroxylation is 2. The van der Waals surface area contributed by atoms with Crippen molar-refractivity contribution in [2.75, 3.05) is 6.61 Å². The molecule has 1 heterocycles. The lowest BCUT2D eigenvalue weighted by Crippen LogP contribution is -2.47. The molecule has 0 saturated heterocycles. The Balaban J connectivity index is 1.72. The molecule has 4 nitrogen and oxygen atoms in total. The van der Waals surface area contributed by atoms with E-state index in [1.165, 1.54) is 24.4 Å². The lowest BCUT2D eigenvalue weighted by Gasteiger charge is -2.31. The monoisotopic (exact) mass is 426 g/mol. The molecule has 31 heavy (non-hydrogen) atoms. The number of benzene rings is 3. The molecule has 4 aromatic rings. The highest BCUT2D eigenvalue weighted by Crippen LogP contribution is 2.41. The van der Waals surface area contributed by atoms with Crippen molar-refractivity contribution in [3.05, 3.63) is 89.6 Å². The summed E-state index contributed by atoms with van der Waals surface area (Å²) in [4.78, 5) is 0. The Morgan fingerprint density at radius 2 is 1.61 bits per heavy atom. The minimum absolute atomic E-state index is 0.300. The average molecular weight is 426 g/mol. The van der Waals surface area contributed by atoms with Crippen LogP contribution in [0.3, 0.4) is 0 Å². The van der Waals surface area contributed by atoms with Crippen molar-refractivity contribution < 1.29 is 23.0 Å². The smallest absolute Gasteiger partial charge is 0.424 e. The van der Waals surface area contributed by atoms with Gasteiger partial charge >= 0.3 is 6.18 Å². The summed E-state index contributed by atoms with van der Waals surface area (Å²) < 4.78 is 49.2. The van der Waals surface area contributed by atoms with E-state index >= 15 is 0 Å². The zero-order chi connectivity index (χ0) is 22.2. The number of rotatable bonds is 5. The summed E-state index contributed by atoms with van der Waals surface area (Å²) in [7, 11) is 0. The predicted octanol–water partition coefficient (Wildman–Crippen LogP) is 5.47. The fraction of sp³-hybridized carbons (Fsp3) is 0.208. The molecule has 0 bridgehead atoms. The summed E-state index contributed by atoms with van der Waals surface area (Å²) >= 11 is 0. The summed E-state index contributed by atoms with van der Waals surface area (Å²) in [5, 5.41) is 15.5. The normalized spacial score (nSPS) is 13.9. The van der Waals surface area contributed by atoms with Crippen LogP contribution in [0.5, 0.6) is 5.75 Å². The first-order valence-corrected chi connectivity index (χ1v) is 9.72. The molecule has 1 N–H and O–H groups in total. The Hall–Kier alpha value is -3.32. The van der Waals surface area contributed by atoms with Gasteiger partial charge in [-0.05, 0) is 54.8 Å². The number of aromatic nitrogens is 2. The van der Waals surface area contributed by atoms with E-state index in [0.29, 0.717) is 27.8 Å². The molecule has 0 radical (unpaired) electrons. The molecule has 7 heteroatoms. The number of halogens is 3. The minimum atomic E-state index is -4.94. The van der Waals surface area contributed by atoms with Gasteiger partial charge in [0.2, 0.25) is 5.60 Å². The molecule has 1 aromatic heterocycles. The maximum Gasteiger partial charge on any atom is 0.424 e. The van der Waals surface area contributed by atoms with Crippen LogP contribution in [-0.4, -0.2) is 27.7 Å². The molecule has 160 valence electrons. The number of aliphatic hydroxyl groups is 1. The van der Waals surface area contributed by atoms with E-state index < -0.39 is 18.4 Å². The molecule has 1 atom stereocenters. The number of nitrogens with zero attached hydrogens (tertiary/aromatic N) is 2. The van der Waals surface area contributed by atoms with Crippen molar-refractivity contribution in [3.8, 4) is 11.4 Å². The highest BCUT2D eigenvalue weighted by Gasteiger charge is 2.56. The molecular weight excluding hydrogens is 405 g/mol. The highest BCUT2D eigenvalue weighted by atomic mass is 19.4. The van der Waals surface area contributed by atoms with Gasteiger partial charge in [0.25, 0.3) is 0 Å². The van der Waals surface area contributed by atoms with Gasteiger partial charge in [-0.15, -0.1) is 0 Å². The molecule has 0 aliphatic heterocycles. The van der Waals surface area contributed by atoms with E-state index in [9.17, 15) is 18.3 Å². The van der Waals surface area contributed by atoms with E-state index in [1.807, 2.05) is 30.3 Å². The molecule has 1 unspecified atom stereocenters. The van der Waals surface area contributed by atoms with Crippen molar-refractivity contribution in [3.63, 3.8) is 0 Å². The summed E-state index contributed by atoms with van der Waals surface area (Å²) in [6.45, 7) is 2.54. The molecule has 0 fully saturated rings. The predicted molar refractivity (Wildman–Crippen MR) is 112 cm³/mol. The lowest BCUT2D eigenvalue weighted by molar-refractivity contribution is -0.275. The number of para-hydroxylation sites is 2. The van der Waals surface area contributed by atoms with E-state index in [-0.39, 0.29) is 5.56 Å². The first-order valence-electron chi connectivity index (χ1n) is 9.72. The third kappa shape index (κ3) is 3.77. The van der Waals surface area contributed by atoms with Gasteiger partial charge in [-0.2, -0.15) is 18.3 Å². The summed E-state index contributed by atoms with van der Waals surface area (Å²) in [6, 6.07) is 18.7. The lowest BCUT2D eigenvalue weighted by atomic mass is 9.93. The maximum absolute atomic E-state index is 14.0. The first-order chi connectivity index (χ1) is 14.7. The van der Waals surface area contributed by atoms with Crippen molar-refractivity contribution in [1.82, 2.24) is 9.78 Å². The van der Waals surface area contributed by atoms with Crippen LogP contribution in [0, 0.1) is 13.8 Å². The van der Waals surface area contributed by atoms with Crippen LogP contribution in [0.15, 0.2) is 72.9 Å². The number of ether oxygens (including phenoxy) is 1. The Kier molecular flexibility index (Phi) is 5.23. The SMILES string of the molecule is Cc1cccc(C)c1OCC(O)(c1ccc2c(cnn2-c2ccccc2)c1)C(F)(F)F. The summed E-state index contributed by atoms with van der Waals surface area (Å²) in [6.07, 6.45) is -3.46. The molecule has 4 rings (SSSR count). The quantitative estimate of drug-likeness (QED) is 0.460. The van der Waals surface area contributed by atoms with Gasteiger partial charge < -0.3 is 9.84 Å². The Labute approximate surface area is 177 Å². The van der Waals surface area contributed by atoms with Crippen LogP contribution >= 0.6 is 0 Å². The zero-order valence-electron chi connectivity index (χ0n) is 17.0. The molecule has 0 spiro atoms. The van der Waals surface area contributed by atoms with Gasteiger partial charge in [-0.1, -0.05) is 42.5 Å². The van der Waals surface area contributed by atoms with E-state index in [0.717, 1.165) is 5.69 Å². The molecule has 0 aliphatic rings. The van der Waals surface area contributed by atoms with Gasteiger partial charge in [0.1, 0.15) is 12.4 Å². The minimum Gasteiger partial charge on any atom is -0.489 e. The molecule has 0 amide bonds. The Bertz CT molecular complexity index is 1200. The topological polar surface area (TPSA) is 47.3 Å². The van der Waals surface area contributed by atoms with E-state index in [2.05, 4.69) is 5.10 Å². The second-order valence-corrected chi connectivity index (χ2v) is 7.53.